The van der Waals surface area contributed by atoms with Crippen molar-refractivity contribution < 1.29 is 39.8 Å². The van der Waals surface area contributed by atoms with Crippen molar-refractivity contribution in [2.45, 2.75) is 87.0 Å². The smallest absolute Gasteiger partial charge is 0.372 e. The molecule has 0 aliphatic carbocycles. The normalized spacial score (nSPS) is 21.8. The highest BCUT2D eigenvalue weighted by Gasteiger charge is 2.46. The maximum Gasteiger partial charge on any atom is 0.416 e. The molecule has 2 aromatic rings. The molecule has 1 aromatic heterocycles. The van der Waals surface area contributed by atoms with Gasteiger partial charge in [-0.3, -0.25) is 0 Å². The second-order valence-corrected chi connectivity index (χ2v) is 19.1. The zero-order valence-corrected chi connectivity index (χ0v) is 23.3. The minimum atomic E-state index is -4.70. The highest BCUT2D eigenvalue weighted by atomic mass is 32.2. The molecule has 2 heterocycles. The standard InChI is InChI=1S/C24H33F5N2O4SSi/c1-22(36(32,33)18-8-6-7-17(13-18)24(27,28)29)9-10-35-20(15-22)19-14-21(23(2,25)26)31(30-19)16-34-11-12-37(3,4)5/h6-8,13-14,20H,9-12,15-16H2,1-5H3. The van der Waals surface area contributed by atoms with Gasteiger partial charge in [-0.05, 0) is 50.1 Å². The molecule has 1 saturated heterocycles. The van der Waals surface area contributed by atoms with Crippen molar-refractivity contribution in [3.8, 4) is 0 Å². The van der Waals surface area contributed by atoms with E-state index < -0.39 is 57.0 Å². The van der Waals surface area contributed by atoms with Crippen molar-refractivity contribution in [2.24, 2.45) is 0 Å². The monoisotopic (exact) mass is 568 g/mol. The SMILES string of the molecule is CC(F)(F)c1cc(C2CC(C)(S(=O)(=O)c3cccc(C(F)(F)F)c3)CCO2)nn1COCC[Si](C)(C)C. The van der Waals surface area contributed by atoms with E-state index in [0.717, 1.165) is 35.8 Å². The van der Waals surface area contributed by atoms with Crippen LogP contribution in [0.15, 0.2) is 35.2 Å². The van der Waals surface area contributed by atoms with Crippen molar-refractivity contribution in [1.82, 2.24) is 9.78 Å². The molecule has 0 saturated carbocycles. The molecule has 2 unspecified atom stereocenters. The minimum absolute atomic E-state index is 0.0272. The van der Waals surface area contributed by atoms with Gasteiger partial charge in [0.2, 0.25) is 0 Å². The number of hydrogen-bond donors (Lipinski definition) is 0. The number of aromatic nitrogens is 2. The number of halogens is 5. The molecule has 2 atom stereocenters. The maximum absolute atomic E-state index is 14.4. The summed E-state index contributed by atoms with van der Waals surface area (Å²) in [5, 5.41) is 4.26. The fraction of sp³-hybridized carbons (Fsp3) is 0.625. The Hall–Kier alpha value is -1.83. The van der Waals surface area contributed by atoms with Gasteiger partial charge in [0.1, 0.15) is 18.5 Å². The summed E-state index contributed by atoms with van der Waals surface area (Å²) in [4.78, 5) is -0.451. The van der Waals surface area contributed by atoms with E-state index in [9.17, 15) is 30.4 Å². The first-order valence-electron chi connectivity index (χ1n) is 11.9. The van der Waals surface area contributed by atoms with Gasteiger partial charge < -0.3 is 9.47 Å². The lowest BCUT2D eigenvalue weighted by atomic mass is 9.94. The Labute approximate surface area is 215 Å². The fourth-order valence-electron chi connectivity index (χ4n) is 4.10. The van der Waals surface area contributed by atoms with Gasteiger partial charge in [0.25, 0.3) is 5.92 Å². The van der Waals surface area contributed by atoms with Crippen molar-refractivity contribution in [3.05, 3.63) is 47.3 Å². The van der Waals surface area contributed by atoms with Crippen LogP contribution >= 0.6 is 0 Å². The third-order valence-corrected chi connectivity index (χ3v) is 10.7. The maximum atomic E-state index is 14.4. The number of hydrogen-bond acceptors (Lipinski definition) is 5. The van der Waals surface area contributed by atoms with Crippen LogP contribution in [0.2, 0.25) is 25.7 Å². The third-order valence-electron chi connectivity index (χ3n) is 6.48. The molecule has 1 aliphatic rings. The van der Waals surface area contributed by atoms with Crippen LogP contribution in [0.25, 0.3) is 0 Å². The van der Waals surface area contributed by atoms with Gasteiger partial charge in [-0.25, -0.2) is 13.1 Å². The van der Waals surface area contributed by atoms with Gasteiger partial charge in [0.05, 0.1) is 20.9 Å². The molecule has 37 heavy (non-hydrogen) atoms. The van der Waals surface area contributed by atoms with Crippen LogP contribution in [-0.4, -0.2) is 44.2 Å². The molecule has 1 aliphatic heterocycles. The quantitative estimate of drug-likeness (QED) is 0.199. The van der Waals surface area contributed by atoms with E-state index >= 15 is 0 Å². The first-order valence-corrected chi connectivity index (χ1v) is 17.1. The Balaban J connectivity index is 1.87. The lowest BCUT2D eigenvalue weighted by Crippen LogP contribution is -2.42. The number of nitrogens with zero attached hydrogens (tertiary/aromatic N) is 2. The summed E-state index contributed by atoms with van der Waals surface area (Å²) >= 11 is 0. The predicted molar refractivity (Wildman–Crippen MR) is 131 cm³/mol. The first-order chi connectivity index (χ1) is 16.8. The molecule has 0 N–H and O–H groups in total. The first kappa shape index (κ1) is 29.7. The molecule has 6 nitrogen and oxygen atoms in total. The lowest BCUT2D eigenvalue weighted by Gasteiger charge is -2.37. The number of sulfone groups is 1. The number of rotatable bonds is 9. The molecular weight excluding hydrogens is 535 g/mol. The van der Waals surface area contributed by atoms with Crippen LogP contribution < -0.4 is 0 Å². The molecule has 208 valence electrons. The van der Waals surface area contributed by atoms with Gasteiger partial charge >= 0.3 is 6.18 Å². The Kier molecular flexibility index (Phi) is 8.34. The Morgan fingerprint density at radius 2 is 1.86 bits per heavy atom. The summed E-state index contributed by atoms with van der Waals surface area (Å²) in [6.45, 7) is 8.83. The molecule has 1 fully saturated rings. The Morgan fingerprint density at radius 1 is 1.19 bits per heavy atom. The van der Waals surface area contributed by atoms with Crippen molar-refractivity contribution in [3.63, 3.8) is 0 Å². The van der Waals surface area contributed by atoms with Crippen LogP contribution in [-0.2, 0) is 38.1 Å². The summed E-state index contributed by atoms with van der Waals surface area (Å²) < 4.78 is 106. The van der Waals surface area contributed by atoms with Crippen LogP contribution in [0.4, 0.5) is 22.0 Å². The average molecular weight is 569 g/mol. The Bertz CT molecular complexity index is 1200. The minimum Gasteiger partial charge on any atom is -0.372 e. The van der Waals surface area contributed by atoms with Gasteiger partial charge in [-0.15, -0.1) is 0 Å². The topological polar surface area (TPSA) is 70.4 Å². The van der Waals surface area contributed by atoms with Crippen molar-refractivity contribution in [1.29, 1.82) is 0 Å². The Morgan fingerprint density at radius 3 is 2.46 bits per heavy atom. The molecule has 0 amide bonds. The highest BCUT2D eigenvalue weighted by Crippen LogP contribution is 2.43. The molecule has 0 spiro atoms. The molecule has 0 radical (unpaired) electrons. The lowest BCUT2D eigenvalue weighted by molar-refractivity contribution is -0.137. The summed E-state index contributed by atoms with van der Waals surface area (Å²) in [6.07, 6.45) is -5.77. The molecule has 0 bridgehead atoms. The van der Waals surface area contributed by atoms with Gasteiger partial charge in [-0.2, -0.15) is 27.1 Å². The zero-order valence-electron chi connectivity index (χ0n) is 21.5. The van der Waals surface area contributed by atoms with Gasteiger partial charge in [-0.1, -0.05) is 25.7 Å². The second-order valence-electron chi connectivity index (χ2n) is 11.0. The number of alkyl halides is 5. The summed E-state index contributed by atoms with van der Waals surface area (Å²) in [6, 6.07) is 5.62. The van der Waals surface area contributed by atoms with E-state index in [2.05, 4.69) is 24.7 Å². The van der Waals surface area contributed by atoms with Crippen LogP contribution in [0, 0.1) is 0 Å². The van der Waals surface area contributed by atoms with Gasteiger partial charge in [0, 0.05) is 28.2 Å². The second kappa shape index (κ2) is 10.4. The van der Waals surface area contributed by atoms with E-state index in [1.165, 1.54) is 13.0 Å². The highest BCUT2D eigenvalue weighted by molar-refractivity contribution is 7.92. The van der Waals surface area contributed by atoms with Crippen LogP contribution in [0.5, 0.6) is 0 Å². The average Bonchev–Trinajstić information content (AvgIpc) is 3.20. The van der Waals surface area contributed by atoms with E-state index in [1.54, 1.807) is 0 Å². The van der Waals surface area contributed by atoms with E-state index in [-0.39, 0.29) is 31.9 Å². The largest absolute Gasteiger partial charge is 0.416 e. The van der Waals surface area contributed by atoms with Gasteiger partial charge in [0.15, 0.2) is 9.84 Å². The van der Waals surface area contributed by atoms with E-state index in [0.29, 0.717) is 12.7 Å². The number of ether oxygens (including phenoxy) is 2. The van der Waals surface area contributed by atoms with E-state index in [1.807, 2.05) is 0 Å². The zero-order chi connectivity index (χ0) is 27.9. The predicted octanol–water partition coefficient (Wildman–Crippen LogP) is 6.41. The van der Waals surface area contributed by atoms with E-state index in [4.69, 9.17) is 9.47 Å². The van der Waals surface area contributed by atoms with Crippen LogP contribution in [0.1, 0.15) is 49.7 Å². The number of benzene rings is 1. The molecule has 13 heteroatoms. The third kappa shape index (κ3) is 6.98. The van der Waals surface area contributed by atoms with Crippen LogP contribution in [0.3, 0.4) is 0 Å². The summed E-state index contributed by atoms with van der Waals surface area (Å²) in [5.74, 6) is -3.24. The molecule has 1 aromatic carbocycles. The van der Waals surface area contributed by atoms with Crippen molar-refractivity contribution in [2.75, 3.05) is 13.2 Å². The van der Waals surface area contributed by atoms with Crippen molar-refractivity contribution >= 4 is 17.9 Å². The molecular formula is C24H33F5N2O4SSi. The molecule has 3 rings (SSSR count). The summed E-state index contributed by atoms with van der Waals surface area (Å²) in [7, 11) is -5.62. The summed E-state index contributed by atoms with van der Waals surface area (Å²) in [5.41, 5.74) is -1.34. The fourth-order valence-corrected chi connectivity index (χ4v) is 6.69.